The molecular formula is C8H11N3O4. The lowest BCUT2D eigenvalue weighted by molar-refractivity contribution is -0.167. The van der Waals surface area contributed by atoms with Gasteiger partial charge in [0.2, 0.25) is 0 Å². The van der Waals surface area contributed by atoms with Gasteiger partial charge in [-0.25, -0.2) is 0 Å². The van der Waals surface area contributed by atoms with Crippen molar-refractivity contribution in [1.82, 2.24) is 0 Å². The lowest BCUT2D eigenvalue weighted by atomic mass is 10.0. The van der Waals surface area contributed by atoms with E-state index < -0.39 is 18.4 Å². The van der Waals surface area contributed by atoms with Gasteiger partial charge in [0.1, 0.15) is 12.1 Å². The zero-order chi connectivity index (χ0) is 10.8. The molecular weight excluding hydrogens is 202 g/mol. The second-order valence-electron chi connectivity index (χ2n) is 3.54. The van der Waals surface area contributed by atoms with E-state index >= 15 is 0 Å². The van der Waals surface area contributed by atoms with Crippen LogP contribution in [0.5, 0.6) is 0 Å². The summed E-state index contributed by atoms with van der Waals surface area (Å²) in [6.07, 6.45) is -0.571. The van der Waals surface area contributed by atoms with Crippen LogP contribution in [0.1, 0.15) is 13.3 Å². The van der Waals surface area contributed by atoms with Crippen LogP contribution in [0.3, 0.4) is 0 Å². The second-order valence-corrected chi connectivity index (χ2v) is 3.54. The standard InChI is InChI=1S/C8H11N3O4/c1-4(12)14-6-2-5-3-13-8(15-5)7(6)10-11-9/h5-8H,2-3H2,1H3. The summed E-state index contributed by atoms with van der Waals surface area (Å²) in [6, 6.07) is -0.586. The Morgan fingerprint density at radius 2 is 2.47 bits per heavy atom. The number of fused-ring (bicyclic) bond motifs is 2. The van der Waals surface area contributed by atoms with Crippen LogP contribution in [0.25, 0.3) is 10.4 Å². The maximum atomic E-state index is 10.9. The van der Waals surface area contributed by atoms with Crippen molar-refractivity contribution in [2.45, 2.75) is 37.9 Å². The monoisotopic (exact) mass is 213 g/mol. The van der Waals surface area contributed by atoms with E-state index in [2.05, 4.69) is 10.0 Å². The van der Waals surface area contributed by atoms with Crippen molar-refractivity contribution in [2.24, 2.45) is 5.11 Å². The first-order chi connectivity index (χ1) is 7.20. The molecule has 4 atom stereocenters. The maximum absolute atomic E-state index is 10.9. The number of azide groups is 1. The van der Waals surface area contributed by atoms with Gasteiger partial charge in [0, 0.05) is 18.3 Å². The fourth-order valence-corrected chi connectivity index (χ4v) is 1.87. The fraction of sp³-hybridized carbons (Fsp3) is 0.875. The highest BCUT2D eigenvalue weighted by Gasteiger charge is 2.45. The lowest BCUT2D eigenvalue weighted by Crippen LogP contribution is -2.44. The first-order valence-electron chi connectivity index (χ1n) is 4.69. The van der Waals surface area contributed by atoms with E-state index in [4.69, 9.17) is 19.7 Å². The number of hydrogen-bond acceptors (Lipinski definition) is 5. The summed E-state index contributed by atoms with van der Waals surface area (Å²) >= 11 is 0. The molecule has 0 spiro atoms. The predicted molar refractivity (Wildman–Crippen MR) is 47.7 cm³/mol. The Bertz CT molecular complexity index is 315. The molecule has 2 fully saturated rings. The summed E-state index contributed by atoms with van der Waals surface area (Å²) < 4.78 is 15.7. The first kappa shape index (κ1) is 10.2. The molecule has 0 saturated carbocycles. The molecule has 0 N–H and O–H groups in total. The van der Waals surface area contributed by atoms with Crippen LogP contribution >= 0.6 is 0 Å². The van der Waals surface area contributed by atoms with Gasteiger partial charge in [-0.15, -0.1) is 0 Å². The normalized spacial score (nSPS) is 38.2. The molecule has 2 rings (SSSR count). The third-order valence-electron chi connectivity index (χ3n) is 2.43. The van der Waals surface area contributed by atoms with E-state index in [9.17, 15) is 4.79 Å². The van der Waals surface area contributed by atoms with Gasteiger partial charge in [-0.2, -0.15) is 0 Å². The molecule has 4 unspecified atom stereocenters. The van der Waals surface area contributed by atoms with Gasteiger partial charge < -0.3 is 14.2 Å². The van der Waals surface area contributed by atoms with Crippen molar-refractivity contribution >= 4 is 5.97 Å². The smallest absolute Gasteiger partial charge is 0.302 e. The molecule has 7 heteroatoms. The Hall–Kier alpha value is -1.30. The van der Waals surface area contributed by atoms with Crippen LogP contribution in [-0.2, 0) is 19.0 Å². The third-order valence-corrected chi connectivity index (χ3v) is 2.43. The van der Waals surface area contributed by atoms with Crippen molar-refractivity contribution in [3.8, 4) is 0 Å². The second kappa shape index (κ2) is 4.06. The quantitative estimate of drug-likeness (QED) is 0.292. The zero-order valence-corrected chi connectivity index (χ0v) is 8.20. The SMILES string of the molecule is CC(=O)OC1CC2COC(O2)C1N=[N+]=[N-]. The number of carbonyl (C=O) groups excluding carboxylic acids is 1. The number of hydrogen-bond donors (Lipinski definition) is 0. The van der Waals surface area contributed by atoms with Gasteiger partial charge in [-0.1, -0.05) is 5.11 Å². The average Bonchev–Trinajstić information content (AvgIpc) is 2.55. The molecule has 0 aromatic heterocycles. The van der Waals surface area contributed by atoms with Crippen LogP contribution in [0.15, 0.2) is 5.11 Å². The summed E-state index contributed by atoms with van der Waals surface area (Å²) in [5.74, 6) is -0.389. The number of nitrogens with zero attached hydrogens (tertiary/aromatic N) is 3. The van der Waals surface area contributed by atoms with Gasteiger partial charge in [0.05, 0.1) is 12.7 Å². The van der Waals surface area contributed by atoms with Gasteiger partial charge >= 0.3 is 5.97 Å². The number of ether oxygens (including phenoxy) is 3. The average molecular weight is 213 g/mol. The summed E-state index contributed by atoms with van der Waals surface area (Å²) in [7, 11) is 0. The molecule has 7 nitrogen and oxygen atoms in total. The largest absolute Gasteiger partial charge is 0.462 e. The number of carbonyl (C=O) groups is 1. The van der Waals surface area contributed by atoms with Gasteiger partial charge in [0.25, 0.3) is 0 Å². The first-order valence-corrected chi connectivity index (χ1v) is 4.69. The Kier molecular flexibility index (Phi) is 2.77. The highest BCUT2D eigenvalue weighted by molar-refractivity contribution is 5.66. The van der Waals surface area contributed by atoms with Gasteiger partial charge in [-0.3, -0.25) is 4.79 Å². The molecule has 82 valence electrons. The van der Waals surface area contributed by atoms with Crippen molar-refractivity contribution in [2.75, 3.05) is 6.61 Å². The van der Waals surface area contributed by atoms with Crippen LogP contribution in [0, 0.1) is 0 Å². The van der Waals surface area contributed by atoms with Crippen molar-refractivity contribution in [3.05, 3.63) is 10.4 Å². The van der Waals surface area contributed by atoms with Gasteiger partial charge in [-0.05, 0) is 5.53 Å². The number of esters is 1. The molecule has 0 aromatic carbocycles. The molecule has 2 saturated heterocycles. The van der Waals surface area contributed by atoms with Crippen molar-refractivity contribution in [1.29, 1.82) is 0 Å². The molecule has 2 aliphatic heterocycles. The lowest BCUT2D eigenvalue weighted by Gasteiger charge is -2.31. The molecule has 15 heavy (non-hydrogen) atoms. The van der Waals surface area contributed by atoms with E-state index in [0.29, 0.717) is 13.0 Å². The van der Waals surface area contributed by atoms with E-state index in [0.717, 1.165) is 0 Å². The highest BCUT2D eigenvalue weighted by atomic mass is 16.7. The highest BCUT2D eigenvalue weighted by Crippen LogP contribution is 2.31. The molecule has 2 heterocycles. The minimum atomic E-state index is -0.586. The maximum Gasteiger partial charge on any atom is 0.302 e. The van der Waals surface area contributed by atoms with Crippen LogP contribution in [0.2, 0.25) is 0 Å². The summed E-state index contributed by atoms with van der Waals surface area (Å²) in [4.78, 5) is 13.6. The molecule has 2 bridgehead atoms. The topological polar surface area (TPSA) is 93.5 Å². The molecule has 0 radical (unpaired) electrons. The van der Waals surface area contributed by atoms with Crippen LogP contribution in [0.4, 0.5) is 0 Å². The Labute approximate surface area is 85.9 Å². The summed E-state index contributed by atoms with van der Waals surface area (Å²) in [5, 5.41) is 3.55. The molecule has 0 aromatic rings. The Morgan fingerprint density at radius 3 is 3.13 bits per heavy atom. The fourth-order valence-electron chi connectivity index (χ4n) is 1.87. The van der Waals surface area contributed by atoms with Crippen molar-refractivity contribution in [3.63, 3.8) is 0 Å². The van der Waals surface area contributed by atoms with Gasteiger partial charge in [0.15, 0.2) is 6.29 Å². The molecule has 2 aliphatic rings. The Balaban J connectivity index is 2.12. The predicted octanol–water partition coefficient (Wildman–Crippen LogP) is 0.742. The molecule has 0 aliphatic carbocycles. The van der Waals surface area contributed by atoms with E-state index in [-0.39, 0.29) is 12.1 Å². The van der Waals surface area contributed by atoms with E-state index in [1.807, 2.05) is 0 Å². The molecule has 0 amide bonds. The Morgan fingerprint density at radius 1 is 1.67 bits per heavy atom. The zero-order valence-electron chi connectivity index (χ0n) is 8.20. The van der Waals surface area contributed by atoms with Crippen LogP contribution in [-0.4, -0.2) is 37.1 Å². The summed E-state index contributed by atoms with van der Waals surface area (Å²) in [5.41, 5.74) is 8.40. The minimum Gasteiger partial charge on any atom is -0.462 e. The third kappa shape index (κ3) is 2.04. The number of rotatable bonds is 2. The van der Waals surface area contributed by atoms with E-state index in [1.54, 1.807) is 0 Å². The van der Waals surface area contributed by atoms with Crippen molar-refractivity contribution < 1.29 is 19.0 Å². The van der Waals surface area contributed by atoms with E-state index in [1.165, 1.54) is 6.92 Å². The summed E-state index contributed by atoms with van der Waals surface area (Å²) in [6.45, 7) is 1.78. The van der Waals surface area contributed by atoms with Crippen LogP contribution < -0.4 is 0 Å². The minimum absolute atomic E-state index is 0.0653.